The van der Waals surface area contributed by atoms with Crippen LogP contribution in [0, 0.1) is 0 Å². The lowest BCUT2D eigenvalue weighted by atomic mass is 10.3. The first kappa shape index (κ1) is 14.4. The van der Waals surface area contributed by atoms with E-state index in [4.69, 9.17) is 16.3 Å². The molecule has 1 aromatic carbocycles. The molecule has 0 unspecified atom stereocenters. The fraction of sp³-hybridized carbons (Fsp3) is 0.167. The highest BCUT2D eigenvalue weighted by molar-refractivity contribution is 6.29. The van der Waals surface area contributed by atoms with Gasteiger partial charge in [-0.2, -0.15) is 0 Å². The summed E-state index contributed by atoms with van der Waals surface area (Å²) in [6.07, 6.45) is -1.88. The lowest BCUT2D eigenvalue weighted by molar-refractivity contribution is -0.274. The highest BCUT2D eigenvalue weighted by atomic mass is 35.5. The average Bonchev–Trinajstić information content (AvgIpc) is 2.38. The largest absolute Gasteiger partial charge is 0.573 e. The molecule has 0 radical (unpaired) electrons. The Balaban J connectivity index is 1.92. The van der Waals surface area contributed by atoms with Crippen LogP contribution in [0.5, 0.6) is 11.5 Å². The van der Waals surface area contributed by atoms with Crippen molar-refractivity contribution in [2.75, 3.05) is 0 Å². The summed E-state index contributed by atoms with van der Waals surface area (Å²) in [5.74, 6) is 0.0763. The van der Waals surface area contributed by atoms with Gasteiger partial charge in [-0.25, -0.2) is 4.98 Å². The molecule has 0 N–H and O–H groups in total. The van der Waals surface area contributed by atoms with Gasteiger partial charge in [-0.3, -0.25) is 4.98 Å². The van der Waals surface area contributed by atoms with Gasteiger partial charge >= 0.3 is 6.36 Å². The number of alkyl halides is 3. The van der Waals surface area contributed by atoms with Crippen molar-refractivity contribution in [2.45, 2.75) is 13.0 Å². The topological polar surface area (TPSA) is 44.2 Å². The molecule has 0 spiro atoms. The zero-order valence-electron chi connectivity index (χ0n) is 9.89. The lowest BCUT2D eigenvalue weighted by Crippen LogP contribution is -2.16. The standard InChI is InChI=1S/C12H8ClF3N2O2/c13-11-6-17-8(5-18-11)7-19-9-1-3-10(4-2-9)20-12(14,15)16/h1-6H,7H2. The van der Waals surface area contributed by atoms with E-state index in [1.807, 2.05) is 0 Å². The predicted molar refractivity (Wildman–Crippen MR) is 64.5 cm³/mol. The number of hydrogen-bond donors (Lipinski definition) is 0. The van der Waals surface area contributed by atoms with Crippen molar-refractivity contribution in [3.8, 4) is 11.5 Å². The second-order valence-corrected chi connectivity index (χ2v) is 4.03. The Morgan fingerprint density at radius 2 is 1.65 bits per heavy atom. The number of hydrogen-bond acceptors (Lipinski definition) is 4. The third-order valence-corrected chi connectivity index (χ3v) is 2.31. The van der Waals surface area contributed by atoms with Gasteiger partial charge in [-0.1, -0.05) is 11.6 Å². The molecule has 8 heteroatoms. The highest BCUT2D eigenvalue weighted by Crippen LogP contribution is 2.24. The fourth-order valence-corrected chi connectivity index (χ4v) is 1.41. The number of nitrogens with zero attached hydrogens (tertiary/aromatic N) is 2. The van der Waals surface area contributed by atoms with E-state index in [1.165, 1.54) is 24.5 Å². The Kier molecular flexibility index (Phi) is 4.29. The van der Waals surface area contributed by atoms with E-state index < -0.39 is 6.36 Å². The van der Waals surface area contributed by atoms with Crippen molar-refractivity contribution >= 4 is 11.6 Å². The number of ether oxygens (including phenoxy) is 2. The van der Waals surface area contributed by atoms with E-state index in [-0.39, 0.29) is 17.5 Å². The Morgan fingerprint density at radius 3 is 2.20 bits per heavy atom. The molecule has 0 fully saturated rings. The van der Waals surface area contributed by atoms with Crippen LogP contribution in [-0.4, -0.2) is 16.3 Å². The molecule has 0 atom stereocenters. The molecule has 0 saturated carbocycles. The summed E-state index contributed by atoms with van der Waals surface area (Å²) in [7, 11) is 0. The van der Waals surface area contributed by atoms with E-state index in [0.29, 0.717) is 11.4 Å². The van der Waals surface area contributed by atoms with Crippen LogP contribution in [0.1, 0.15) is 5.69 Å². The Hall–Kier alpha value is -2.02. The summed E-state index contributed by atoms with van der Waals surface area (Å²) in [5.41, 5.74) is 0.546. The van der Waals surface area contributed by atoms with Crippen LogP contribution in [-0.2, 0) is 6.61 Å². The molecule has 4 nitrogen and oxygen atoms in total. The van der Waals surface area contributed by atoms with Crippen molar-refractivity contribution in [2.24, 2.45) is 0 Å². The summed E-state index contributed by atoms with van der Waals surface area (Å²) in [4.78, 5) is 7.79. The minimum Gasteiger partial charge on any atom is -0.487 e. The van der Waals surface area contributed by atoms with E-state index in [0.717, 1.165) is 12.1 Å². The van der Waals surface area contributed by atoms with Crippen LogP contribution in [0.2, 0.25) is 5.15 Å². The molecule has 20 heavy (non-hydrogen) atoms. The number of rotatable bonds is 4. The molecule has 0 bridgehead atoms. The van der Waals surface area contributed by atoms with Gasteiger partial charge in [0.25, 0.3) is 0 Å². The van der Waals surface area contributed by atoms with E-state index in [9.17, 15) is 13.2 Å². The summed E-state index contributed by atoms with van der Waals surface area (Å²) in [5, 5.41) is 0.266. The zero-order valence-corrected chi connectivity index (χ0v) is 10.6. The van der Waals surface area contributed by atoms with E-state index >= 15 is 0 Å². The highest BCUT2D eigenvalue weighted by Gasteiger charge is 2.30. The number of halogens is 4. The average molecular weight is 305 g/mol. The van der Waals surface area contributed by atoms with Gasteiger partial charge in [0.05, 0.1) is 18.1 Å². The third-order valence-electron chi connectivity index (χ3n) is 2.12. The molecule has 1 aromatic heterocycles. The van der Waals surface area contributed by atoms with Gasteiger partial charge in [0.2, 0.25) is 0 Å². The molecule has 2 rings (SSSR count). The zero-order chi connectivity index (χ0) is 14.6. The van der Waals surface area contributed by atoms with Crippen molar-refractivity contribution < 1.29 is 22.6 Å². The third kappa shape index (κ3) is 4.58. The summed E-state index contributed by atoms with van der Waals surface area (Å²) in [6.45, 7) is 0.129. The molecule has 0 aliphatic carbocycles. The van der Waals surface area contributed by atoms with Crippen molar-refractivity contribution in [1.82, 2.24) is 9.97 Å². The minimum absolute atomic E-state index is 0.129. The Labute approximate surface area is 117 Å². The summed E-state index contributed by atoms with van der Waals surface area (Å²) >= 11 is 5.58. The maximum absolute atomic E-state index is 12.0. The van der Waals surface area contributed by atoms with Gasteiger partial charge in [0.15, 0.2) is 0 Å². The Morgan fingerprint density at radius 1 is 1.00 bits per heavy atom. The molecule has 106 valence electrons. The van der Waals surface area contributed by atoms with Crippen LogP contribution >= 0.6 is 11.6 Å². The monoisotopic (exact) mass is 304 g/mol. The molecule has 0 saturated heterocycles. The summed E-state index contributed by atoms with van der Waals surface area (Å²) in [6, 6.07) is 5.06. The van der Waals surface area contributed by atoms with Crippen LogP contribution in [0.3, 0.4) is 0 Å². The second kappa shape index (κ2) is 5.96. The number of aromatic nitrogens is 2. The van der Waals surface area contributed by atoms with Gasteiger partial charge in [-0.15, -0.1) is 13.2 Å². The molecule has 2 aromatic rings. The summed E-state index contributed by atoms with van der Waals surface area (Å²) < 4.78 is 45.0. The predicted octanol–water partition coefficient (Wildman–Crippen LogP) is 3.61. The van der Waals surface area contributed by atoms with E-state index in [1.54, 1.807) is 0 Å². The van der Waals surface area contributed by atoms with Crippen molar-refractivity contribution in [1.29, 1.82) is 0 Å². The maximum atomic E-state index is 12.0. The van der Waals surface area contributed by atoms with E-state index in [2.05, 4.69) is 14.7 Å². The van der Waals surface area contributed by atoms with Gasteiger partial charge in [0, 0.05) is 0 Å². The molecule has 0 aliphatic heterocycles. The molecule has 0 amide bonds. The fourth-order valence-electron chi connectivity index (χ4n) is 1.31. The minimum atomic E-state index is -4.71. The maximum Gasteiger partial charge on any atom is 0.573 e. The molecular formula is C12H8ClF3N2O2. The normalized spacial score (nSPS) is 11.2. The van der Waals surface area contributed by atoms with Crippen molar-refractivity contribution in [3.63, 3.8) is 0 Å². The first-order valence-corrected chi connectivity index (χ1v) is 5.75. The lowest BCUT2D eigenvalue weighted by Gasteiger charge is -2.10. The van der Waals surface area contributed by atoms with Crippen LogP contribution in [0.4, 0.5) is 13.2 Å². The quantitative estimate of drug-likeness (QED) is 0.865. The van der Waals surface area contributed by atoms with Gasteiger partial charge < -0.3 is 9.47 Å². The molecule has 1 heterocycles. The smallest absolute Gasteiger partial charge is 0.487 e. The number of benzene rings is 1. The first-order chi connectivity index (χ1) is 9.42. The second-order valence-electron chi connectivity index (χ2n) is 3.64. The van der Waals surface area contributed by atoms with Gasteiger partial charge in [0.1, 0.15) is 23.3 Å². The van der Waals surface area contributed by atoms with Crippen molar-refractivity contribution in [3.05, 3.63) is 47.5 Å². The SMILES string of the molecule is FC(F)(F)Oc1ccc(OCc2cnc(Cl)cn2)cc1. The van der Waals surface area contributed by atoms with Crippen LogP contribution in [0.15, 0.2) is 36.7 Å². The van der Waals surface area contributed by atoms with Gasteiger partial charge in [-0.05, 0) is 24.3 Å². The Bertz CT molecular complexity index is 558. The first-order valence-electron chi connectivity index (χ1n) is 5.37. The van der Waals surface area contributed by atoms with Crippen LogP contribution in [0.25, 0.3) is 0 Å². The van der Waals surface area contributed by atoms with Crippen LogP contribution < -0.4 is 9.47 Å². The molecular weight excluding hydrogens is 297 g/mol. The molecule has 0 aliphatic rings.